The highest BCUT2D eigenvalue weighted by atomic mass is 35.5. The summed E-state index contributed by atoms with van der Waals surface area (Å²) in [4.78, 5) is 26.1. The average Bonchev–Trinajstić information content (AvgIpc) is 3.70. The summed E-state index contributed by atoms with van der Waals surface area (Å²) >= 11 is 6.38. The molecule has 15 nitrogen and oxygen atoms in total. The summed E-state index contributed by atoms with van der Waals surface area (Å²) in [6.45, 7) is 2.06. The molecule has 0 aliphatic carbocycles. The van der Waals surface area contributed by atoms with Crippen molar-refractivity contribution in [1.82, 2.24) is 30.7 Å². The molecule has 5 rings (SSSR count). The molecule has 0 spiro atoms. The van der Waals surface area contributed by atoms with Crippen molar-refractivity contribution in [2.24, 2.45) is 0 Å². The number of aromatic nitrogens is 5. The molecule has 0 saturated carbocycles. The number of benzene rings is 3. The fourth-order valence-electron chi connectivity index (χ4n) is 4.36. The zero-order chi connectivity index (χ0) is 31.2. The van der Waals surface area contributed by atoms with Crippen molar-refractivity contribution in [3.05, 3.63) is 88.9 Å². The number of quaternary nitrogens is 1. The fourth-order valence-corrected chi connectivity index (χ4v) is 4.59. The quantitative estimate of drug-likeness (QED) is 0.0939. The summed E-state index contributed by atoms with van der Waals surface area (Å²) in [5.41, 5.74) is 2.59. The number of aryl methyl sites for hydroxylation is 1. The van der Waals surface area contributed by atoms with E-state index in [-0.39, 0.29) is 35.1 Å². The number of anilines is 2. The van der Waals surface area contributed by atoms with Gasteiger partial charge in [0.2, 0.25) is 5.69 Å². The maximum absolute atomic E-state index is 13.1. The summed E-state index contributed by atoms with van der Waals surface area (Å²) < 4.78 is 12.1. The molecule has 0 unspecified atom stereocenters. The summed E-state index contributed by atoms with van der Waals surface area (Å²) in [6, 6.07) is 16.4. The first-order valence-corrected chi connectivity index (χ1v) is 13.5. The molecular weight excluding hydrogens is 594 g/mol. The highest BCUT2D eigenvalue weighted by Crippen LogP contribution is 2.33. The number of halogens is 1. The van der Waals surface area contributed by atoms with Crippen LogP contribution in [0.1, 0.15) is 26.5 Å². The first-order valence-electron chi connectivity index (χ1n) is 13.1. The highest BCUT2D eigenvalue weighted by Gasteiger charge is 2.24. The molecule has 5 aromatic rings. The van der Waals surface area contributed by atoms with Crippen LogP contribution in [0, 0.1) is 6.92 Å². The molecule has 0 fully saturated rings. The molecule has 3 aromatic carbocycles. The summed E-state index contributed by atoms with van der Waals surface area (Å²) in [6.07, 6.45) is 1.42. The van der Waals surface area contributed by atoms with Crippen LogP contribution >= 0.6 is 11.6 Å². The molecule has 0 aliphatic heterocycles. The van der Waals surface area contributed by atoms with Gasteiger partial charge in [0.1, 0.15) is 34.8 Å². The SMILES string of the molecule is COc1ccccc1-c1noc(C)c1C(=O)NCCNc1cc(NC(=O)c2ccc(-n3cnnn3)cc2)c([NH+](O)O)cc1Cl. The number of ether oxygens (including phenoxy) is 1. The second-order valence-corrected chi connectivity index (χ2v) is 9.71. The van der Waals surface area contributed by atoms with Gasteiger partial charge in [0.15, 0.2) is 0 Å². The predicted octanol–water partition coefficient (Wildman–Crippen LogP) is 2.68. The Kier molecular flexibility index (Phi) is 9.11. The van der Waals surface area contributed by atoms with Crippen molar-refractivity contribution in [2.75, 3.05) is 30.8 Å². The van der Waals surface area contributed by atoms with E-state index in [9.17, 15) is 20.0 Å². The Morgan fingerprint density at radius 3 is 2.52 bits per heavy atom. The molecular formula is C28H27ClN9O6+. The molecule has 0 bridgehead atoms. The lowest BCUT2D eigenvalue weighted by Crippen LogP contribution is -3.02. The standard InChI is InChI=1S/C28H26ClN9O6/c1-16-25(26(34-44-16)19-5-3-4-6-24(19)43-2)28(40)31-12-11-30-21-14-22(23(38(41)42)13-20(21)29)33-27(39)17-7-9-18(10-8-17)37-15-32-35-36-37/h3-10,13-15,30,41-42H,11-12H2,1-2H3,(H,31,40)(H,33,39)/p+1. The van der Waals surface area contributed by atoms with Crippen molar-refractivity contribution in [3.8, 4) is 22.7 Å². The minimum atomic E-state index is -1.02. The normalized spacial score (nSPS) is 11.0. The average molecular weight is 621 g/mol. The second kappa shape index (κ2) is 13.3. The Morgan fingerprint density at radius 2 is 1.82 bits per heavy atom. The molecule has 0 radical (unpaired) electrons. The van der Waals surface area contributed by atoms with E-state index in [1.165, 1.54) is 30.3 Å². The van der Waals surface area contributed by atoms with Crippen LogP contribution < -0.4 is 25.9 Å². The maximum atomic E-state index is 13.1. The number of rotatable bonds is 11. The third-order valence-electron chi connectivity index (χ3n) is 6.52. The van der Waals surface area contributed by atoms with Crippen LogP contribution in [0.4, 0.5) is 17.1 Å². The number of tetrazole rings is 1. The third-order valence-corrected chi connectivity index (χ3v) is 6.83. The van der Waals surface area contributed by atoms with Gasteiger partial charge in [-0.2, -0.15) is 10.4 Å². The smallest absolute Gasteiger partial charge is 0.257 e. The Hall–Kier alpha value is -5.35. The number of amides is 2. The van der Waals surface area contributed by atoms with Gasteiger partial charge in [-0.3, -0.25) is 9.59 Å². The summed E-state index contributed by atoms with van der Waals surface area (Å²) in [5, 5.41) is 42.4. The molecule has 2 aromatic heterocycles. The van der Waals surface area contributed by atoms with Gasteiger partial charge in [0, 0.05) is 30.3 Å². The minimum absolute atomic E-state index is 0.0840. The minimum Gasteiger partial charge on any atom is -0.496 e. The second-order valence-electron chi connectivity index (χ2n) is 9.30. The maximum Gasteiger partial charge on any atom is 0.257 e. The Labute approximate surface area is 254 Å². The van der Waals surface area contributed by atoms with Gasteiger partial charge in [-0.25, -0.2) is 4.68 Å². The monoisotopic (exact) mass is 620 g/mol. The van der Waals surface area contributed by atoms with E-state index in [0.29, 0.717) is 39.7 Å². The largest absolute Gasteiger partial charge is 0.496 e. The first-order chi connectivity index (χ1) is 21.3. The van der Waals surface area contributed by atoms with E-state index in [0.717, 1.165) is 0 Å². The highest BCUT2D eigenvalue weighted by molar-refractivity contribution is 6.33. The number of nitrogens with zero attached hydrogens (tertiary/aromatic N) is 5. The van der Waals surface area contributed by atoms with E-state index in [1.54, 1.807) is 43.3 Å². The Morgan fingerprint density at radius 1 is 1.05 bits per heavy atom. The van der Waals surface area contributed by atoms with Gasteiger partial charge in [-0.15, -0.1) is 5.10 Å². The molecule has 0 saturated heterocycles. The molecule has 0 aliphatic rings. The number of para-hydroxylation sites is 1. The van der Waals surface area contributed by atoms with Crippen LogP contribution in [0.2, 0.25) is 5.02 Å². The number of nitrogens with one attached hydrogen (secondary N) is 4. The Bertz CT molecular complexity index is 1780. The van der Waals surface area contributed by atoms with Gasteiger partial charge >= 0.3 is 0 Å². The van der Waals surface area contributed by atoms with Gasteiger partial charge in [-0.1, -0.05) is 28.9 Å². The molecule has 2 heterocycles. The van der Waals surface area contributed by atoms with E-state index >= 15 is 0 Å². The van der Waals surface area contributed by atoms with E-state index < -0.39 is 17.0 Å². The molecule has 44 heavy (non-hydrogen) atoms. The molecule has 16 heteroatoms. The number of carbonyl (C=O) groups is 2. The number of hydrogen-bond acceptors (Lipinski definition) is 11. The molecule has 2 amide bonds. The van der Waals surface area contributed by atoms with Crippen LogP contribution in [-0.2, 0) is 0 Å². The van der Waals surface area contributed by atoms with E-state index in [1.807, 2.05) is 12.1 Å². The third kappa shape index (κ3) is 6.50. The van der Waals surface area contributed by atoms with Crippen LogP contribution in [0.5, 0.6) is 5.75 Å². The van der Waals surface area contributed by atoms with Crippen LogP contribution in [0.25, 0.3) is 16.9 Å². The molecule has 6 N–H and O–H groups in total. The zero-order valence-electron chi connectivity index (χ0n) is 23.4. The van der Waals surface area contributed by atoms with E-state index in [4.69, 9.17) is 20.9 Å². The number of methoxy groups -OCH3 is 1. The van der Waals surface area contributed by atoms with Gasteiger partial charge in [0.05, 0.1) is 23.5 Å². The zero-order valence-corrected chi connectivity index (χ0v) is 24.2. The van der Waals surface area contributed by atoms with Crippen molar-refractivity contribution < 1.29 is 34.5 Å². The molecule has 0 atom stereocenters. The van der Waals surface area contributed by atoms with Crippen molar-refractivity contribution >= 4 is 40.5 Å². The lowest BCUT2D eigenvalue weighted by Gasteiger charge is -2.15. The van der Waals surface area contributed by atoms with Gasteiger partial charge < -0.3 is 25.2 Å². The van der Waals surface area contributed by atoms with Crippen LogP contribution in [-0.4, -0.2) is 67.8 Å². The van der Waals surface area contributed by atoms with Crippen LogP contribution in [0.3, 0.4) is 0 Å². The molecule has 226 valence electrons. The lowest BCUT2D eigenvalue weighted by atomic mass is 10.0. The van der Waals surface area contributed by atoms with Crippen molar-refractivity contribution in [2.45, 2.75) is 6.92 Å². The van der Waals surface area contributed by atoms with Gasteiger partial charge in [-0.05, 0) is 65.0 Å². The van der Waals surface area contributed by atoms with Crippen LogP contribution in [0.15, 0.2) is 71.5 Å². The Balaban J connectivity index is 1.25. The predicted molar refractivity (Wildman–Crippen MR) is 157 cm³/mol. The summed E-state index contributed by atoms with van der Waals surface area (Å²) in [5.74, 6) is -0.0107. The van der Waals surface area contributed by atoms with E-state index in [2.05, 4.69) is 36.6 Å². The summed E-state index contributed by atoms with van der Waals surface area (Å²) in [7, 11) is 1.53. The van der Waals surface area contributed by atoms with Gasteiger partial charge in [0.25, 0.3) is 11.8 Å². The first kappa shape index (κ1) is 30.1. The lowest BCUT2D eigenvalue weighted by molar-refractivity contribution is -1.19. The van der Waals surface area contributed by atoms with Crippen molar-refractivity contribution in [1.29, 1.82) is 0 Å². The number of carbonyl (C=O) groups excluding carboxylic acids is 2. The topological polar surface area (TPSA) is 194 Å². The number of hydrogen-bond donors (Lipinski definition) is 6. The fraction of sp³-hybridized carbons (Fsp3) is 0.143. The van der Waals surface area contributed by atoms with Crippen molar-refractivity contribution in [3.63, 3.8) is 0 Å².